The molecule has 3 heteroatoms. The summed E-state index contributed by atoms with van der Waals surface area (Å²) in [5.41, 5.74) is 7.46. The molecule has 1 aliphatic rings. The maximum atomic E-state index is 13.0. The molecule has 2 nitrogen and oxygen atoms in total. The van der Waals surface area contributed by atoms with E-state index in [1.807, 2.05) is 0 Å². The van der Waals surface area contributed by atoms with E-state index in [4.69, 9.17) is 5.73 Å². The van der Waals surface area contributed by atoms with Crippen LogP contribution in [-0.4, -0.2) is 17.5 Å². The molecule has 17 heavy (non-hydrogen) atoms. The van der Waals surface area contributed by atoms with E-state index in [-0.39, 0.29) is 5.82 Å². The summed E-state index contributed by atoms with van der Waals surface area (Å²) in [6.45, 7) is 6.38. The minimum absolute atomic E-state index is 0.256. The summed E-state index contributed by atoms with van der Waals surface area (Å²) in [6, 6.07) is 5.42. The third-order valence-corrected chi connectivity index (χ3v) is 3.14. The number of hydrogen-bond acceptors (Lipinski definition) is 2. The van der Waals surface area contributed by atoms with Gasteiger partial charge in [0.15, 0.2) is 0 Å². The van der Waals surface area contributed by atoms with Crippen molar-refractivity contribution in [2.45, 2.75) is 39.3 Å². The van der Waals surface area contributed by atoms with Gasteiger partial charge in [-0.15, -0.1) is 0 Å². The number of nitrogen functional groups attached to an aromatic ring is 1. The first-order chi connectivity index (χ1) is 8.06. The van der Waals surface area contributed by atoms with Crippen LogP contribution in [0.2, 0.25) is 0 Å². The highest BCUT2D eigenvalue weighted by atomic mass is 19.1. The van der Waals surface area contributed by atoms with Crippen molar-refractivity contribution in [3.63, 3.8) is 0 Å². The van der Waals surface area contributed by atoms with Gasteiger partial charge in [0.05, 0.1) is 0 Å². The fraction of sp³-hybridized carbons (Fsp3) is 0.571. The van der Waals surface area contributed by atoms with Gasteiger partial charge < -0.3 is 5.73 Å². The van der Waals surface area contributed by atoms with Gasteiger partial charge in [-0.05, 0) is 36.5 Å². The average molecular weight is 236 g/mol. The molecule has 1 aromatic carbocycles. The molecule has 0 aromatic heterocycles. The molecule has 2 N–H and O–H groups in total. The molecule has 0 spiro atoms. The summed E-state index contributed by atoms with van der Waals surface area (Å²) in [4.78, 5) is 2.47. The van der Waals surface area contributed by atoms with Gasteiger partial charge in [-0.1, -0.05) is 19.9 Å². The number of hydrogen-bond donors (Lipinski definition) is 1. The third kappa shape index (κ3) is 3.43. The molecule has 1 aromatic rings. The van der Waals surface area contributed by atoms with Gasteiger partial charge in [0.25, 0.3) is 0 Å². The van der Waals surface area contributed by atoms with E-state index in [1.54, 1.807) is 6.07 Å². The summed E-state index contributed by atoms with van der Waals surface area (Å²) in [5, 5.41) is 0. The zero-order valence-corrected chi connectivity index (χ0v) is 10.6. The molecule has 0 atom stereocenters. The average Bonchev–Trinajstić information content (AvgIpc) is 3.03. The Morgan fingerprint density at radius 2 is 2.12 bits per heavy atom. The predicted octanol–water partition coefficient (Wildman–Crippen LogP) is 3.03. The Balaban J connectivity index is 2.06. The normalized spacial score (nSPS) is 15.8. The number of anilines is 1. The molecule has 0 radical (unpaired) electrons. The number of halogens is 1. The van der Waals surface area contributed by atoms with Crippen LogP contribution < -0.4 is 5.73 Å². The minimum Gasteiger partial charge on any atom is -0.398 e. The van der Waals surface area contributed by atoms with Crippen molar-refractivity contribution in [2.24, 2.45) is 5.92 Å². The molecule has 0 unspecified atom stereocenters. The lowest BCUT2D eigenvalue weighted by atomic mass is 10.1. The van der Waals surface area contributed by atoms with E-state index in [2.05, 4.69) is 18.7 Å². The smallest absolute Gasteiger partial charge is 0.125 e. The van der Waals surface area contributed by atoms with Gasteiger partial charge in [-0.3, -0.25) is 4.90 Å². The standard InChI is InChI=1S/C14H21FN2/c1-10(2)8-17(13-5-6-13)9-11-3-4-12(15)7-14(11)16/h3-4,7,10,13H,5-6,8-9,16H2,1-2H3. The summed E-state index contributed by atoms with van der Waals surface area (Å²) in [6.07, 6.45) is 2.57. The highest BCUT2D eigenvalue weighted by Crippen LogP contribution is 2.30. The van der Waals surface area contributed by atoms with Crippen molar-refractivity contribution < 1.29 is 4.39 Å². The second-order valence-corrected chi connectivity index (χ2v) is 5.40. The summed E-state index contributed by atoms with van der Waals surface area (Å²) < 4.78 is 13.0. The van der Waals surface area contributed by atoms with Crippen LogP contribution in [0.4, 0.5) is 10.1 Å². The molecule has 2 rings (SSSR count). The predicted molar refractivity (Wildman–Crippen MR) is 69.1 cm³/mol. The zero-order valence-electron chi connectivity index (χ0n) is 10.6. The van der Waals surface area contributed by atoms with Crippen LogP contribution in [0.1, 0.15) is 32.3 Å². The Labute approximate surface area is 103 Å². The lowest BCUT2D eigenvalue weighted by Crippen LogP contribution is -2.29. The highest BCUT2D eigenvalue weighted by Gasteiger charge is 2.29. The van der Waals surface area contributed by atoms with Gasteiger partial charge in [-0.2, -0.15) is 0 Å². The van der Waals surface area contributed by atoms with Crippen LogP contribution in [0.5, 0.6) is 0 Å². The summed E-state index contributed by atoms with van der Waals surface area (Å²) >= 11 is 0. The van der Waals surface area contributed by atoms with Gasteiger partial charge in [0, 0.05) is 24.8 Å². The Morgan fingerprint density at radius 1 is 1.41 bits per heavy atom. The molecular formula is C14H21FN2. The summed E-state index contributed by atoms with van der Waals surface area (Å²) in [7, 11) is 0. The Kier molecular flexibility index (Phi) is 3.67. The first kappa shape index (κ1) is 12.4. The Morgan fingerprint density at radius 3 is 2.65 bits per heavy atom. The second-order valence-electron chi connectivity index (χ2n) is 5.40. The molecule has 0 bridgehead atoms. The van der Waals surface area contributed by atoms with Crippen molar-refractivity contribution in [2.75, 3.05) is 12.3 Å². The molecule has 1 aliphatic carbocycles. The summed E-state index contributed by atoms with van der Waals surface area (Å²) in [5.74, 6) is 0.394. The first-order valence-corrected chi connectivity index (χ1v) is 6.34. The van der Waals surface area contributed by atoms with Crippen LogP contribution in [0, 0.1) is 11.7 Å². The number of nitrogens with zero attached hydrogens (tertiary/aromatic N) is 1. The highest BCUT2D eigenvalue weighted by molar-refractivity contribution is 5.46. The van der Waals surface area contributed by atoms with Gasteiger partial charge >= 0.3 is 0 Å². The quantitative estimate of drug-likeness (QED) is 0.796. The maximum absolute atomic E-state index is 13.0. The van der Waals surface area contributed by atoms with Crippen molar-refractivity contribution in [1.29, 1.82) is 0 Å². The molecule has 0 heterocycles. The number of benzene rings is 1. The van der Waals surface area contributed by atoms with E-state index in [0.29, 0.717) is 17.6 Å². The second kappa shape index (κ2) is 5.05. The van der Waals surface area contributed by atoms with Crippen LogP contribution in [0.25, 0.3) is 0 Å². The fourth-order valence-corrected chi connectivity index (χ4v) is 2.18. The van der Waals surface area contributed by atoms with E-state index in [1.165, 1.54) is 25.0 Å². The molecule has 0 aliphatic heterocycles. The Bertz CT molecular complexity index is 386. The van der Waals surface area contributed by atoms with Gasteiger partial charge in [0.1, 0.15) is 5.82 Å². The largest absolute Gasteiger partial charge is 0.398 e. The van der Waals surface area contributed by atoms with E-state index >= 15 is 0 Å². The SMILES string of the molecule is CC(C)CN(Cc1ccc(F)cc1N)C1CC1. The lowest BCUT2D eigenvalue weighted by Gasteiger charge is -2.24. The zero-order chi connectivity index (χ0) is 12.4. The fourth-order valence-electron chi connectivity index (χ4n) is 2.18. The van der Waals surface area contributed by atoms with Crippen LogP contribution >= 0.6 is 0 Å². The molecule has 94 valence electrons. The first-order valence-electron chi connectivity index (χ1n) is 6.34. The molecule has 1 saturated carbocycles. The number of rotatable bonds is 5. The van der Waals surface area contributed by atoms with Crippen LogP contribution in [0.3, 0.4) is 0 Å². The van der Waals surface area contributed by atoms with E-state index in [0.717, 1.165) is 18.7 Å². The minimum atomic E-state index is -0.256. The van der Waals surface area contributed by atoms with Crippen LogP contribution in [-0.2, 0) is 6.54 Å². The molecular weight excluding hydrogens is 215 g/mol. The van der Waals surface area contributed by atoms with Crippen molar-refractivity contribution >= 4 is 5.69 Å². The third-order valence-electron chi connectivity index (χ3n) is 3.14. The molecule has 0 saturated heterocycles. The van der Waals surface area contributed by atoms with E-state index in [9.17, 15) is 4.39 Å². The lowest BCUT2D eigenvalue weighted by molar-refractivity contribution is 0.226. The van der Waals surface area contributed by atoms with Gasteiger partial charge in [0.2, 0.25) is 0 Å². The number of nitrogens with two attached hydrogens (primary N) is 1. The van der Waals surface area contributed by atoms with Crippen LogP contribution in [0.15, 0.2) is 18.2 Å². The van der Waals surface area contributed by atoms with Crippen molar-refractivity contribution in [3.8, 4) is 0 Å². The molecule has 1 fully saturated rings. The van der Waals surface area contributed by atoms with Crippen molar-refractivity contribution in [3.05, 3.63) is 29.6 Å². The van der Waals surface area contributed by atoms with Gasteiger partial charge in [-0.25, -0.2) is 4.39 Å². The monoisotopic (exact) mass is 236 g/mol. The molecule has 0 amide bonds. The maximum Gasteiger partial charge on any atom is 0.125 e. The Hall–Kier alpha value is -1.09. The van der Waals surface area contributed by atoms with E-state index < -0.39 is 0 Å². The topological polar surface area (TPSA) is 29.3 Å². The van der Waals surface area contributed by atoms with Crippen molar-refractivity contribution in [1.82, 2.24) is 4.90 Å².